The summed E-state index contributed by atoms with van der Waals surface area (Å²) in [5.41, 5.74) is 7.86. The molecule has 0 aliphatic rings. The predicted octanol–water partition coefficient (Wildman–Crippen LogP) is 3.73. The molecule has 1 amide bonds. The molecule has 0 spiro atoms. The molecule has 0 bridgehead atoms. The molecule has 1 aromatic heterocycles. The number of aromatic nitrogens is 2. The molecule has 156 valence electrons. The van der Waals surface area contributed by atoms with E-state index in [9.17, 15) is 4.79 Å². The molecule has 2 aromatic carbocycles. The number of hydrogen-bond donors (Lipinski definition) is 2. The van der Waals surface area contributed by atoms with E-state index >= 15 is 0 Å². The van der Waals surface area contributed by atoms with Gasteiger partial charge in [0.15, 0.2) is 18.1 Å². The van der Waals surface area contributed by atoms with Gasteiger partial charge in [-0.15, -0.1) is 0 Å². The van der Waals surface area contributed by atoms with Gasteiger partial charge in [-0.1, -0.05) is 23.7 Å². The maximum Gasteiger partial charge on any atom is 0.262 e. The molecular formula is C21H22ClN5O3. The van der Waals surface area contributed by atoms with Crippen LogP contribution in [0.1, 0.15) is 18.2 Å². The number of nitrogen functional groups attached to an aromatic ring is 1. The Morgan fingerprint density at radius 2 is 2.07 bits per heavy atom. The third-order valence-electron chi connectivity index (χ3n) is 3.94. The molecule has 9 heteroatoms. The van der Waals surface area contributed by atoms with E-state index in [2.05, 4.69) is 15.4 Å². The van der Waals surface area contributed by atoms with Crippen molar-refractivity contribution in [1.29, 1.82) is 0 Å². The van der Waals surface area contributed by atoms with Crippen molar-refractivity contribution in [3.63, 3.8) is 0 Å². The summed E-state index contributed by atoms with van der Waals surface area (Å²) in [7, 11) is 0. The van der Waals surface area contributed by atoms with Crippen LogP contribution >= 0.6 is 11.6 Å². The number of nitrogens with one attached hydrogen (secondary N) is 1. The van der Waals surface area contributed by atoms with Crippen LogP contribution in [0, 0.1) is 6.92 Å². The average Bonchev–Trinajstić information content (AvgIpc) is 3.04. The molecule has 3 N–H and O–H groups in total. The third-order valence-corrected chi connectivity index (χ3v) is 4.27. The Labute approximate surface area is 179 Å². The smallest absolute Gasteiger partial charge is 0.262 e. The Bertz CT molecular complexity index is 1060. The Balaban J connectivity index is 1.68. The summed E-state index contributed by atoms with van der Waals surface area (Å²) >= 11 is 6.05. The number of imidazole rings is 1. The molecule has 0 fully saturated rings. The maximum absolute atomic E-state index is 12.2. The monoisotopic (exact) mass is 427 g/mol. The van der Waals surface area contributed by atoms with Crippen molar-refractivity contribution in [3.8, 4) is 11.5 Å². The van der Waals surface area contributed by atoms with Crippen LogP contribution < -0.4 is 20.5 Å². The van der Waals surface area contributed by atoms with Crippen molar-refractivity contribution in [1.82, 2.24) is 9.66 Å². The zero-order valence-electron chi connectivity index (χ0n) is 16.6. The van der Waals surface area contributed by atoms with Gasteiger partial charge in [0.25, 0.3) is 5.91 Å². The van der Waals surface area contributed by atoms with E-state index in [-0.39, 0.29) is 12.5 Å². The summed E-state index contributed by atoms with van der Waals surface area (Å²) in [4.78, 5) is 16.3. The molecule has 3 rings (SSSR count). The average molecular weight is 428 g/mol. The number of aryl methyl sites for hydroxylation is 1. The summed E-state index contributed by atoms with van der Waals surface area (Å²) < 4.78 is 12.8. The van der Waals surface area contributed by atoms with Crippen LogP contribution in [0.15, 0.2) is 53.8 Å². The zero-order valence-corrected chi connectivity index (χ0v) is 17.4. The standard InChI is InChI=1S/C21H22ClN5O3/c1-3-29-19-10-15(11-24-27-12-14(2)25-21(27)23)8-9-18(19)30-13-20(28)26-17-7-5-4-6-16(17)22/h4-12H,3,13H2,1-2H3,(H2,23,25)(H,26,28). The van der Waals surface area contributed by atoms with E-state index in [1.165, 1.54) is 4.68 Å². The third kappa shape index (κ3) is 5.51. The Morgan fingerprint density at radius 1 is 1.27 bits per heavy atom. The van der Waals surface area contributed by atoms with Gasteiger partial charge < -0.3 is 20.5 Å². The number of nitrogens with two attached hydrogens (primary N) is 1. The lowest BCUT2D eigenvalue weighted by molar-refractivity contribution is -0.118. The van der Waals surface area contributed by atoms with Gasteiger partial charge in [0.1, 0.15) is 0 Å². The van der Waals surface area contributed by atoms with E-state index < -0.39 is 0 Å². The molecule has 0 aliphatic heterocycles. The summed E-state index contributed by atoms with van der Waals surface area (Å²) in [5.74, 6) is 0.920. The molecule has 0 aliphatic carbocycles. The first-order chi connectivity index (χ1) is 14.5. The highest BCUT2D eigenvalue weighted by Crippen LogP contribution is 2.28. The second-order valence-electron chi connectivity index (χ2n) is 6.29. The fraction of sp³-hybridized carbons (Fsp3) is 0.190. The van der Waals surface area contributed by atoms with Gasteiger partial charge in [0.2, 0.25) is 5.95 Å². The molecule has 8 nitrogen and oxygen atoms in total. The number of nitrogens with zero attached hydrogens (tertiary/aromatic N) is 3. The molecule has 0 saturated heterocycles. The van der Waals surface area contributed by atoms with Crippen LogP contribution in [0.4, 0.5) is 11.6 Å². The highest BCUT2D eigenvalue weighted by molar-refractivity contribution is 6.33. The fourth-order valence-electron chi connectivity index (χ4n) is 2.61. The van der Waals surface area contributed by atoms with Gasteiger partial charge in [-0.3, -0.25) is 4.79 Å². The lowest BCUT2D eigenvalue weighted by Gasteiger charge is -2.13. The quantitative estimate of drug-likeness (QED) is 0.533. The van der Waals surface area contributed by atoms with E-state index in [1.54, 1.807) is 54.9 Å². The predicted molar refractivity (Wildman–Crippen MR) is 118 cm³/mol. The number of benzene rings is 2. The lowest BCUT2D eigenvalue weighted by atomic mass is 10.2. The number of amides is 1. The largest absolute Gasteiger partial charge is 0.490 e. The number of carbonyl (C=O) groups is 1. The molecular weight excluding hydrogens is 406 g/mol. The second kappa shape index (κ2) is 9.80. The van der Waals surface area contributed by atoms with Crippen LogP contribution in [0.25, 0.3) is 0 Å². The minimum atomic E-state index is -0.331. The van der Waals surface area contributed by atoms with Gasteiger partial charge in [-0.2, -0.15) is 5.10 Å². The topological polar surface area (TPSA) is 104 Å². The maximum atomic E-state index is 12.2. The molecule has 0 unspecified atom stereocenters. The number of para-hydroxylation sites is 1. The van der Waals surface area contributed by atoms with Crippen molar-refractivity contribution in [2.24, 2.45) is 5.10 Å². The van der Waals surface area contributed by atoms with Crippen molar-refractivity contribution < 1.29 is 14.3 Å². The summed E-state index contributed by atoms with van der Waals surface area (Å²) in [6.45, 7) is 3.95. The van der Waals surface area contributed by atoms with E-state index in [1.807, 2.05) is 13.8 Å². The SMILES string of the molecule is CCOc1cc(C=Nn2cc(C)nc2N)ccc1OCC(=O)Nc1ccccc1Cl. The second-order valence-corrected chi connectivity index (χ2v) is 6.69. The van der Waals surface area contributed by atoms with Crippen LogP contribution in [0.5, 0.6) is 11.5 Å². The van der Waals surface area contributed by atoms with Crippen LogP contribution in [-0.2, 0) is 4.79 Å². The minimum Gasteiger partial charge on any atom is -0.490 e. The number of carbonyl (C=O) groups excluding carboxylic acids is 1. The van der Waals surface area contributed by atoms with E-state index in [0.29, 0.717) is 34.8 Å². The van der Waals surface area contributed by atoms with Crippen molar-refractivity contribution in [2.45, 2.75) is 13.8 Å². The number of hydrogen-bond acceptors (Lipinski definition) is 6. The fourth-order valence-corrected chi connectivity index (χ4v) is 2.79. The number of halogens is 1. The van der Waals surface area contributed by atoms with Crippen molar-refractivity contribution in [3.05, 3.63) is 64.9 Å². The summed E-state index contributed by atoms with van der Waals surface area (Å²) in [6, 6.07) is 12.3. The normalized spacial score (nSPS) is 10.9. The van der Waals surface area contributed by atoms with E-state index in [4.69, 9.17) is 26.8 Å². The van der Waals surface area contributed by atoms with Crippen LogP contribution in [0.3, 0.4) is 0 Å². The highest BCUT2D eigenvalue weighted by Gasteiger charge is 2.10. The minimum absolute atomic E-state index is 0.191. The summed E-state index contributed by atoms with van der Waals surface area (Å²) in [5, 5.41) is 7.46. The molecule has 0 atom stereocenters. The summed E-state index contributed by atoms with van der Waals surface area (Å²) in [6.07, 6.45) is 3.36. The molecule has 0 radical (unpaired) electrons. The van der Waals surface area contributed by atoms with Gasteiger partial charge in [0, 0.05) is 0 Å². The first-order valence-corrected chi connectivity index (χ1v) is 9.64. The zero-order chi connectivity index (χ0) is 21.5. The first kappa shape index (κ1) is 21.2. The molecule has 30 heavy (non-hydrogen) atoms. The van der Waals surface area contributed by atoms with Gasteiger partial charge in [-0.25, -0.2) is 9.66 Å². The Hall–Kier alpha value is -3.52. The van der Waals surface area contributed by atoms with Crippen molar-refractivity contribution in [2.75, 3.05) is 24.3 Å². The molecule has 1 heterocycles. The Morgan fingerprint density at radius 3 is 2.77 bits per heavy atom. The number of anilines is 2. The highest BCUT2D eigenvalue weighted by atomic mass is 35.5. The van der Waals surface area contributed by atoms with Gasteiger partial charge in [0.05, 0.1) is 35.4 Å². The van der Waals surface area contributed by atoms with Gasteiger partial charge in [-0.05, 0) is 49.7 Å². The van der Waals surface area contributed by atoms with Crippen molar-refractivity contribution >= 4 is 35.4 Å². The van der Waals surface area contributed by atoms with Gasteiger partial charge >= 0.3 is 0 Å². The first-order valence-electron chi connectivity index (χ1n) is 9.26. The molecule has 3 aromatic rings. The number of ether oxygens (including phenoxy) is 2. The number of rotatable bonds is 8. The molecule has 0 saturated carbocycles. The van der Waals surface area contributed by atoms with Crippen LogP contribution in [-0.4, -0.2) is 35.0 Å². The van der Waals surface area contributed by atoms with E-state index in [0.717, 1.165) is 11.3 Å². The lowest BCUT2D eigenvalue weighted by Crippen LogP contribution is -2.20. The van der Waals surface area contributed by atoms with Crippen LogP contribution in [0.2, 0.25) is 5.02 Å². The Kier molecular flexibility index (Phi) is 6.92.